The van der Waals surface area contributed by atoms with Crippen molar-refractivity contribution < 1.29 is 14.4 Å². The van der Waals surface area contributed by atoms with E-state index in [1.54, 1.807) is 21.8 Å². The van der Waals surface area contributed by atoms with E-state index in [0.717, 1.165) is 206 Å². The Kier molecular flexibility index (Phi) is 18.5. The van der Waals surface area contributed by atoms with E-state index >= 15 is 0 Å². The summed E-state index contributed by atoms with van der Waals surface area (Å²) in [5.74, 6) is 3.32. The lowest BCUT2D eigenvalue weighted by Gasteiger charge is -2.34. The van der Waals surface area contributed by atoms with Crippen molar-refractivity contribution in [3.63, 3.8) is 0 Å². The zero-order chi connectivity index (χ0) is 68.9. The lowest BCUT2D eigenvalue weighted by atomic mass is 9.98. The highest BCUT2D eigenvalue weighted by molar-refractivity contribution is 6.30. The number of carbonyl (C=O) groups excluding carboxylic acids is 3. The van der Waals surface area contributed by atoms with Crippen molar-refractivity contribution in [1.29, 1.82) is 0 Å². The van der Waals surface area contributed by atoms with Crippen molar-refractivity contribution in [2.24, 2.45) is 17.4 Å². The topological polar surface area (TPSA) is 272 Å². The molecule has 3 amide bonds. The van der Waals surface area contributed by atoms with Crippen LogP contribution in [-0.2, 0) is 0 Å². The second-order valence-corrected chi connectivity index (χ2v) is 28.5. The molecule has 17 rings (SSSR count). The summed E-state index contributed by atoms with van der Waals surface area (Å²) >= 11 is 6.03. The van der Waals surface area contributed by atoms with E-state index in [-0.39, 0.29) is 53.5 Å². The number of aromatic nitrogens is 12. The normalized spacial score (nSPS) is 21.1. The van der Waals surface area contributed by atoms with E-state index in [9.17, 15) is 19.2 Å². The molecule has 0 bridgehead atoms. The maximum Gasteiger partial charge on any atom is 0.273 e. The largest absolute Gasteiger partial charge is 0.356 e. The van der Waals surface area contributed by atoms with Gasteiger partial charge in [0.15, 0.2) is 16.9 Å². The molecule has 24 nitrogen and oxygen atoms in total. The molecule has 0 saturated carbocycles. The first-order chi connectivity index (χ1) is 48.5. The number of likely N-dealkylation sites (tertiary alicyclic amines) is 3. The van der Waals surface area contributed by atoms with Crippen LogP contribution in [0, 0.1) is 26.7 Å². The number of rotatable bonds is 9. The first-order valence-electron chi connectivity index (χ1n) is 35.4. The van der Waals surface area contributed by atoms with Gasteiger partial charge in [0.05, 0.1) is 45.7 Å². The first kappa shape index (κ1) is 66.0. The van der Waals surface area contributed by atoms with Crippen molar-refractivity contribution in [2.75, 3.05) is 73.6 Å². The number of halogens is 1. The molecule has 9 aromatic heterocycles. The number of aryl methyl sites for hydroxylation is 3. The molecule has 25 heteroatoms. The lowest BCUT2D eigenvalue weighted by molar-refractivity contribution is 0.0596. The smallest absolute Gasteiger partial charge is 0.273 e. The molecule has 100 heavy (non-hydrogen) atoms. The summed E-state index contributed by atoms with van der Waals surface area (Å²) in [4.78, 5) is 91.6. The third kappa shape index (κ3) is 13.3. The molecule has 0 spiro atoms. The summed E-state index contributed by atoms with van der Waals surface area (Å²) in [6, 6.07) is 27.1. The van der Waals surface area contributed by atoms with Gasteiger partial charge in [0.25, 0.3) is 23.3 Å². The van der Waals surface area contributed by atoms with Crippen LogP contribution >= 0.6 is 11.6 Å². The van der Waals surface area contributed by atoms with Gasteiger partial charge in [0.2, 0.25) is 0 Å². The van der Waals surface area contributed by atoms with Gasteiger partial charge in [-0.05, 0) is 139 Å². The van der Waals surface area contributed by atoms with Gasteiger partial charge in [-0.3, -0.25) is 29.1 Å². The quantitative estimate of drug-likeness (QED) is 0.121. The monoisotopic (exact) mass is 1360 g/mol. The van der Waals surface area contributed by atoms with Crippen molar-refractivity contribution in [1.82, 2.24) is 73.4 Å². The Morgan fingerprint density at radius 3 is 1.53 bits per heavy atom. The molecule has 6 atom stereocenters. The number of fused-ring (bicyclic) bond motifs is 5. The Hall–Kier alpha value is -9.91. The van der Waals surface area contributed by atoms with E-state index < -0.39 is 5.56 Å². The first-order valence-corrected chi connectivity index (χ1v) is 35.8. The maximum atomic E-state index is 13.7. The third-order valence-corrected chi connectivity index (χ3v) is 21.0. The van der Waals surface area contributed by atoms with Crippen LogP contribution in [-0.4, -0.2) is 162 Å². The van der Waals surface area contributed by atoms with Crippen LogP contribution in [0.4, 0.5) is 17.5 Å². The Bertz CT molecular complexity index is 4960. The minimum absolute atomic E-state index is 0.0326. The van der Waals surface area contributed by atoms with E-state index in [0.29, 0.717) is 35.3 Å². The molecule has 6 aliphatic rings. The van der Waals surface area contributed by atoms with E-state index in [2.05, 4.69) is 57.3 Å². The summed E-state index contributed by atoms with van der Waals surface area (Å²) in [7, 11) is 0. The summed E-state index contributed by atoms with van der Waals surface area (Å²) in [5, 5.41) is 17.8. The van der Waals surface area contributed by atoms with Crippen molar-refractivity contribution in [3.8, 4) is 0 Å². The highest BCUT2D eigenvalue weighted by atomic mass is 35.5. The highest BCUT2D eigenvalue weighted by Crippen LogP contribution is 2.38. The van der Waals surface area contributed by atoms with Crippen LogP contribution in [0.5, 0.6) is 0 Å². The van der Waals surface area contributed by atoms with E-state index in [4.69, 9.17) is 53.3 Å². The van der Waals surface area contributed by atoms with Gasteiger partial charge in [-0.15, -0.1) is 0 Å². The summed E-state index contributed by atoms with van der Waals surface area (Å²) < 4.78 is 5.50. The predicted octanol–water partition coefficient (Wildman–Crippen LogP) is 10.6. The Labute approximate surface area is 584 Å². The van der Waals surface area contributed by atoms with Crippen LogP contribution in [0.2, 0.25) is 5.02 Å². The molecule has 6 aliphatic heterocycles. The standard InChI is InChI=1S/2C26H29N7O.C23H27ClN6O2/c1-17-15-33-24(29-25(17)31-12-9-20(27)16-31)14-22(30-33)23-6-2-3-11-32(23)26(34)19-8-7-18-5-4-10-28-21(18)13-19;1-17-15-33-23(29-25(17)31-13-10-19(27)16-31)14-21(30-33)22-8-4-5-12-32(22)26(34)24-20-7-3-2-6-18(20)9-11-28-24;1-14-6-8-28(12-14)21-15(2)13-30-20(26-21)10-18(27-30)19-5-3-4-7-29(19)23(32)17-9-16(24)11-25-22(17)31/h4-5,7-8,10,13-15,20,23H,2-3,6,9,11-12,16,27H2,1H3;2-3,6-7,9,11,14-15,19,22H,4-5,8,10,12-13,16,27H2,1H3;9-11,13-14,19H,3-8,12H2,1-2H3,(H,25,31)/t20-,23-;19-,22-;14-,19-/m000/s1. The number of pyridine rings is 3. The van der Waals surface area contributed by atoms with Gasteiger partial charge in [-0.1, -0.05) is 54.9 Å². The van der Waals surface area contributed by atoms with Gasteiger partial charge < -0.3 is 45.9 Å². The fourth-order valence-electron chi connectivity index (χ4n) is 15.6. The fraction of sp³-hybridized carbons (Fsp3) is 0.413. The minimum atomic E-state index is -0.430. The minimum Gasteiger partial charge on any atom is -0.356 e. The summed E-state index contributed by atoms with van der Waals surface area (Å²) in [5.41, 5.74) is 22.1. The predicted molar refractivity (Wildman–Crippen MR) is 387 cm³/mol. The maximum absolute atomic E-state index is 13.7. The van der Waals surface area contributed by atoms with Crippen molar-refractivity contribution >= 4 is 85.4 Å². The molecule has 516 valence electrons. The number of nitrogens with one attached hydrogen (secondary N) is 1. The number of benzene rings is 2. The number of nitrogens with zero attached hydrogens (tertiary/aromatic N) is 17. The summed E-state index contributed by atoms with van der Waals surface area (Å²) in [6.45, 7) is 16.0. The highest BCUT2D eigenvalue weighted by Gasteiger charge is 2.36. The molecular weight excluding hydrogens is 1280 g/mol. The van der Waals surface area contributed by atoms with Gasteiger partial charge in [-0.2, -0.15) is 15.3 Å². The number of hydrogen-bond donors (Lipinski definition) is 3. The van der Waals surface area contributed by atoms with Crippen LogP contribution in [0.1, 0.15) is 167 Å². The average molecular weight is 1370 g/mol. The van der Waals surface area contributed by atoms with Crippen LogP contribution in [0.15, 0.2) is 127 Å². The lowest BCUT2D eigenvalue weighted by Crippen LogP contribution is -2.40. The van der Waals surface area contributed by atoms with Crippen molar-refractivity contribution in [2.45, 2.75) is 135 Å². The van der Waals surface area contributed by atoms with Crippen molar-refractivity contribution in [3.05, 3.63) is 188 Å². The SMILES string of the molecule is Cc1cn2nc([C@@H]3CCCCN3C(=O)c3cc(Cl)c[nH]c3=O)cc2nc1N1CC[C@H](C)C1.Cc1cn2nc([C@@H]3CCCCN3C(=O)c3ccc4cccnc4c3)cc2nc1N1CC[C@H](N)C1.Cc1cn2nc([C@@H]3CCCCN3C(=O)c3nccc4ccccc34)cc2nc1N1CC[C@H](N)C1. The number of aromatic amines is 1. The molecule has 2 aromatic carbocycles. The number of hydrogen-bond acceptors (Lipinski definition) is 17. The number of carbonyl (C=O) groups is 3. The Morgan fingerprint density at radius 1 is 0.510 bits per heavy atom. The van der Waals surface area contributed by atoms with Gasteiger partial charge in [-0.25, -0.2) is 28.5 Å². The number of piperidine rings is 3. The number of H-pyrrole nitrogens is 1. The summed E-state index contributed by atoms with van der Waals surface area (Å²) in [6.07, 6.45) is 22.7. The van der Waals surface area contributed by atoms with Crippen LogP contribution in [0.25, 0.3) is 38.6 Å². The van der Waals surface area contributed by atoms with Crippen LogP contribution in [0.3, 0.4) is 0 Å². The third-order valence-electron chi connectivity index (χ3n) is 20.8. The zero-order valence-corrected chi connectivity index (χ0v) is 57.9. The fourth-order valence-corrected chi connectivity index (χ4v) is 15.8. The molecule has 0 unspecified atom stereocenters. The molecule has 6 fully saturated rings. The number of nitrogens with two attached hydrogens (primary N) is 2. The van der Waals surface area contributed by atoms with E-state index in [1.165, 1.54) is 18.7 Å². The molecule has 0 radical (unpaired) electrons. The average Bonchev–Trinajstić information content (AvgIpc) is 1.58. The second-order valence-electron chi connectivity index (χ2n) is 28.1. The van der Waals surface area contributed by atoms with Gasteiger partial charge in [0, 0.05) is 159 Å². The molecule has 0 aliphatic carbocycles. The number of anilines is 3. The second kappa shape index (κ2) is 28.0. The van der Waals surface area contributed by atoms with Gasteiger partial charge in [0.1, 0.15) is 28.7 Å². The molecule has 6 saturated heterocycles. The van der Waals surface area contributed by atoms with Gasteiger partial charge >= 0.3 is 0 Å². The van der Waals surface area contributed by atoms with Crippen LogP contribution < -0.4 is 31.7 Å². The zero-order valence-electron chi connectivity index (χ0n) is 57.1. The molecule has 5 N–H and O–H groups in total. The Morgan fingerprint density at radius 2 is 1.01 bits per heavy atom. The molecule has 11 aromatic rings. The van der Waals surface area contributed by atoms with E-state index in [1.807, 2.05) is 116 Å². The number of amides is 3. The Balaban J connectivity index is 0.000000122. The molecular formula is C75H85ClN20O4. The molecule has 15 heterocycles.